The van der Waals surface area contributed by atoms with Crippen molar-refractivity contribution >= 4 is 0 Å². The van der Waals surface area contributed by atoms with Crippen LogP contribution in [0.1, 0.15) is 19.8 Å². The molecule has 1 aliphatic rings. The number of nitrogens with one attached hydrogen (secondary N) is 1. The predicted octanol–water partition coefficient (Wildman–Crippen LogP) is 1.43. The monoisotopic (exact) mass is 223 g/mol. The fourth-order valence-electron chi connectivity index (χ4n) is 1.64. The zero-order chi connectivity index (χ0) is 11.1. The average Bonchev–Trinajstić information content (AvgIpc) is 2.24. The van der Waals surface area contributed by atoms with Gasteiger partial charge in [0.2, 0.25) is 0 Å². The second-order valence-electron chi connectivity index (χ2n) is 3.69. The molecule has 0 radical (unpaired) electrons. The Labute approximate surface area is 89.1 Å². The maximum Gasteiger partial charge on any atom is 0.261 e. The first-order valence-electron chi connectivity index (χ1n) is 5.45. The van der Waals surface area contributed by atoms with Crippen molar-refractivity contribution in [1.29, 1.82) is 0 Å². The molecule has 1 aliphatic heterocycles. The first-order chi connectivity index (χ1) is 7.24. The van der Waals surface area contributed by atoms with Crippen LogP contribution in [0, 0.1) is 0 Å². The highest BCUT2D eigenvalue weighted by molar-refractivity contribution is 4.80. The third kappa shape index (κ3) is 4.86. The molecule has 0 saturated carbocycles. The topological polar surface area (TPSA) is 30.5 Å². The summed E-state index contributed by atoms with van der Waals surface area (Å²) in [7, 11) is 0. The Morgan fingerprint density at radius 1 is 1.53 bits per heavy atom. The third-order valence-electron chi connectivity index (χ3n) is 2.40. The molecule has 0 aromatic heterocycles. The first kappa shape index (κ1) is 12.8. The van der Waals surface area contributed by atoms with Gasteiger partial charge in [-0.15, -0.1) is 0 Å². The van der Waals surface area contributed by atoms with E-state index in [9.17, 15) is 8.78 Å². The summed E-state index contributed by atoms with van der Waals surface area (Å²) < 4.78 is 34.3. The van der Waals surface area contributed by atoms with Gasteiger partial charge < -0.3 is 14.8 Å². The predicted molar refractivity (Wildman–Crippen MR) is 53.3 cm³/mol. The van der Waals surface area contributed by atoms with Crippen molar-refractivity contribution in [3.63, 3.8) is 0 Å². The van der Waals surface area contributed by atoms with Crippen molar-refractivity contribution in [2.75, 3.05) is 26.4 Å². The Bertz CT molecular complexity index is 170. The maximum atomic E-state index is 12.0. The fourth-order valence-corrected chi connectivity index (χ4v) is 1.64. The van der Waals surface area contributed by atoms with Crippen LogP contribution >= 0.6 is 0 Å². The van der Waals surface area contributed by atoms with Gasteiger partial charge in [0.05, 0.1) is 12.7 Å². The zero-order valence-electron chi connectivity index (χ0n) is 9.05. The molecule has 15 heavy (non-hydrogen) atoms. The molecule has 0 bridgehead atoms. The van der Waals surface area contributed by atoms with E-state index in [2.05, 4.69) is 12.2 Å². The molecule has 90 valence electrons. The van der Waals surface area contributed by atoms with Crippen LogP contribution in [0.15, 0.2) is 0 Å². The molecule has 0 aromatic carbocycles. The van der Waals surface area contributed by atoms with Gasteiger partial charge in [0.15, 0.2) is 0 Å². The Balaban J connectivity index is 2.29. The fraction of sp³-hybridized carbons (Fsp3) is 1.00. The van der Waals surface area contributed by atoms with Crippen LogP contribution < -0.4 is 5.32 Å². The van der Waals surface area contributed by atoms with Gasteiger partial charge in [-0.2, -0.15) is 0 Å². The summed E-state index contributed by atoms with van der Waals surface area (Å²) in [5, 5.41) is 3.30. The van der Waals surface area contributed by atoms with E-state index in [1.165, 1.54) is 0 Å². The van der Waals surface area contributed by atoms with Crippen molar-refractivity contribution in [1.82, 2.24) is 5.32 Å². The minimum absolute atomic E-state index is 0.150. The third-order valence-corrected chi connectivity index (χ3v) is 2.40. The van der Waals surface area contributed by atoms with Crippen LogP contribution in [0.4, 0.5) is 8.78 Å². The highest BCUT2D eigenvalue weighted by atomic mass is 19.3. The summed E-state index contributed by atoms with van der Waals surface area (Å²) in [5.41, 5.74) is 0. The van der Waals surface area contributed by atoms with E-state index in [0.717, 1.165) is 19.4 Å². The van der Waals surface area contributed by atoms with Crippen LogP contribution in [0.25, 0.3) is 0 Å². The molecule has 2 unspecified atom stereocenters. The minimum atomic E-state index is -2.40. The van der Waals surface area contributed by atoms with Gasteiger partial charge in [0.1, 0.15) is 6.61 Å². The van der Waals surface area contributed by atoms with E-state index in [0.29, 0.717) is 13.2 Å². The van der Waals surface area contributed by atoms with Crippen molar-refractivity contribution in [2.45, 2.75) is 38.3 Å². The molecule has 0 aliphatic carbocycles. The van der Waals surface area contributed by atoms with Crippen LogP contribution in [-0.2, 0) is 9.47 Å². The van der Waals surface area contributed by atoms with Gasteiger partial charge in [-0.1, -0.05) is 6.92 Å². The second kappa shape index (κ2) is 7.09. The highest BCUT2D eigenvalue weighted by Crippen LogP contribution is 2.12. The molecule has 0 spiro atoms. The second-order valence-corrected chi connectivity index (χ2v) is 3.69. The first-order valence-corrected chi connectivity index (χ1v) is 5.45. The van der Waals surface area contributed by atoms with Crippen LogP contribution in [0.3, 0.4) is 0 Å². The van der Waals surface area contributed by atoms with Gasteiger partial charge >= 0.3 is 0 Å². The number of rotatable bonds is 6. The van der Waals surface area contributed by atoms with Crippen LogP contribution in [-0.4, -0.2) is 44.9 Å². The summed E-state index contributed by atoms with van der Waals surface area (Å²) in [5.74, 6) is 0. The number of halogens is 2. The average molecular weight is 223 g/mol. The lowest BCUT2D eigenvalue weighted by molar-refractivity contribution is -0.0953. The molecule has 1 saturated heterocycles. The van der Waals surface area contributed by atoms with E-state index in [-0.39, 0.29) is 12.1 Å². The Morgan fingerprint density at radius 2 is 2.33 bits per heavy atom. The molecule has 5 heteroatoms. The van der Waals surface area contributed by atoms with E-state index in [4.69, 9.17) is 9.47 Å². The Kier molecular flexibility index (Phi) is 6.05. The van der Waals surface area contributed by atoms with Crippen molar-refractivity contribution in [2.24, 2.45) is 0 Å². The molecule has 1 rings (SSSR count). The molecular formula is C10H19F2NO2. The van der Waals surface area contributed by atoms with Crippen molar-refractivity contribution in [3.05, 3.63) is 0 Å². The number of alkyl halides is 2. The largest absolute Gasteiger partial charge is 0.379 e. The smallest absolute Gasteiger partial charge is 0.261 e. The Hall–Kier alpha value is -0.260. The van der Waals surface area contributed by atoms with Gasteiger partial charge in [-0.05, 0) is 19.4 Å². The zero-order valence-corrected chi connectivity index (χ0v) is 9.05. The van der Waals surface area contributed by atoms with Crippen LogP contribution in [0.5, 0.6) is 0 Å². The lowest BCUT2D eigenvalue weighted by atomic mass is 10.1. The molecule has 1 heterocycles. The van der Waals surface area contributed by atoms with Crippen molar-refractivity contribution < 1.29 is 18.3 Å². The minimum Gasteiger partial charge on any atom is -0.379 e. The summed E-state index contributed by atoms with van der Waals surface area (Å²) in [6.45, 7) is 3.54. The molecule has 0 aromatic rings. The van der Waals surface area contributed by atoms with E-state index in [1.54, 1.807) is 0 Å². The molecular weight excluding hydrogens is 204 g/mol. The van der Waals surface area contributed by atoms with E-state index < -0.39 is 13.0 Å². The summed E-state index contributed by atoms with van der Waals surface area (Å²) in [6, 6.07) is 0.150. The van der Waals surface area contributed by atoms with E-state index in [1.807, 2.05) is 0 Å². The quantitative estimate of drug-likeness (QED) is 0.739. The van der Waals surface area contributed by atoms with E-state index >= 15 is 0 Å². The number of hydrogen-bond acceptors (Lipinski definition) is 3. The summed E-state index contributed by atoms with van der Waals surface area (Å²) >= 11 is 0. The molecule has 1 N–H and O–H groups in total. The maximum absolute atomic E-state index is 12.0. The van der Waals surface area contributed by atoms with Gasteiger partial charge in [-0.25, -0.2) is 8.78 Å². The lowest BCUT2D eigenvalue weighted by Gasteiger charge is -2.32. The normalized spacial score (nSPS) is 27.2. The van der Waals surface area contributed by atoms with Gasteiger partial charge in [0, 0.05) is 12.6 Å². The SMILES string of the molecule is CCCNC1CCOCC1OCC(F)F. The Morgan fingerprint density at radius 3 is 3.00 bits per heavy atom. The number of hydrogen-bond donors (Lipinski definition) is 1. The summed E-state index contributed by atoms with van der Waals surface area (Å²) in [4.78, 5) is 0. The molecule has 3 nitrogen and oxygen atoms in total. The standard InChI is InChI=1S/C10H19F2NO2/c1-2-4-13-8-3-5-14-6-9(8)15-7-10(11)12/h8-10,13H,2-7H2,1H3. The molecule has 0 amide bonds. The molecule has 1 fully saturated rings. The number of ether oxygens (including phenoxy) is 2. The highest BCUT2D eigenvalue weighted by Gasteiger charge is 2.26. The van der Waals surface area contributed by atoms with Gasteiger partial charge in [-0.3, -0.25) is 0 Å². The lowest BCUT2D eigenvalue weighted by Crippen LogP contribution is -2.48. The van der Waals surface area contributed by atoms with Crippen LogP contribution in [0.2, 0.25) is 0 Å². The molecule has 2 atom stereocenters. The summed E-state index contributed by atoms with van der Waals surface area (Å²) in [6.07, 6.45) is -0.787. The van der Waals surface area contributed by atoms with Gasteiger partial charge in [0.25, 0.3) is 6.43 Å². The van der Waals surface area contributed by atoms with Crippen molar-refractivity contribution in [3.8, 4) is 0 Å².